The molecule has 0 unspecified atom stereocenters. The van der Waals surface area contributed by atoms with Gasteiger partial charge in [0, 0.05) is 34.7 Å². The monoisotopic (exact) mass is 314 g/mol. The van der Waals surface area contributed by atoms with Crippen LogP contribution in [0.15, 0.2) is 35.8 Å². The van der Waals surface area contributed by atoms with Gasteiger partial charge in [0.2, 0.25) is 0 Å². The molecule has 0 fully saturated rings. The van der Waals surface area contributed by atoms with Gasteiger partial charge in [0.25, 0.3) is 5.91 Å². The molecule has 22 heavy (non-hydrogen) atoms. The van der Waals surface area contributed by atoms with Crippen LogP contribution in [0.25, 0.3) is 10.9 Å². The van der Waals surface area contributed by atoms with E-state index in [0.29, 0.717) is 11.6 Å². The predicted molar refractivity (Wildman–Crippen MR) is 91.7 cm³/mol. The van der Waals surface area contributed by atoms with Gasteiger partial charge >= 0.3 is 0 Å². The van der Waals surface area contributed by atoms with Gasteiger partial charge in [0.05, 0.1) is 0 Å². The lowest BCUT2D eigenvalue weighted by Gasteiger charge is -2.05. The number of rotatable bonds is 5. The van der Waals surface area contributed by atoms with Crippen LogP contribution in [0.1, 0.15) is 24.3 Å². The molecule has 2 heterocycles. The molecule has 0 bridgehead atoms. The number of thiazole rings is 1. The van der Waals surface area contributed by atoms with Crippen LogP contribution in [0.4, 0.5) is 10.8 Å². The summed E-state index contributed by atoms with van der Waals surface area (Å²) in [4.78, 5) is 19.7. The fourth-order valence-corrected chi connectivity index (χ4v) is 2.78. The molecule has 5 nitrogen and oxygen atoms in total. The number of nitrogens with one attached hydrogen (secondary N) is 3. The number of aromatic amines is 1. The number of H-pyrrole nitrogens is 1. The quantitative estimate of drug-likeness (QED) is 0.668. The molecule has 2 aromatic heterocycles. The molecule has 1 aromatic carbocycles. The second-order valence-electron chi connectivity index (χ2n) is 5.55. The van der Waals surface area contributed by atoms with E-state index in [4.69, 9.17) is 0 Å². The Hall–Kier alpha value is -2.34. The van der Waals surface area contributed by atoms with Crippen molar-refractivity contribution < 1.29 is 4.79 Å². The Morgan fingerprint density at radius 2 is 2.23 bits per heavy atom. The number of carbonyl (C=O) groups excluding carboxylic acids is 1. The molecule has 3 aromatic rings. The summed E-state index contributed by atoms with van der Waals surface area (Å²) in [6, 6.07) is 7.73. The van der Waals surface area contributed by atoms with Crippen LogP contribution in [0.2, 0.25) is 0 Å². The number of amides is 1. The predicted octanol–water partition coefficient (Wildman–Crippen LogP) is 3.94. The standard InChI is InChI=1S/C16H18N4OS/c1-10(2)8-18-16-20-14(9-22-16)15(21)19-12-3-4-13-11(7-12)5-6-17-13/h3-7,9-10,17H,8H2,1-2H3,(H,18,20)(H,19,21). The van der Waals surface area contributed by atoms with E-state index in [0.717, 1.165) is 28.3 Å². The minimum absolute atomic E-state index is 0.191. The van der Waals surface area contributed by atoms with Crippen LogP contribution < -0.4 is 10.6 Å². The van der Waals surface area contributed by atoms with Crippen LogP contribution in [0.3, 0.4) is 0 Å². The molecule has 0 spiro atoms. The molecular formula is C16H18N4OS. The van der Waals surface area contributed by atoms with E-state index in [-0.39, 0.29) is 5.91 Å². The lowest BCUT2D eigenvalue weighted by molar-refractivity contribution is 0.102. The fourth-order valence-electron chi connectivity index (χ4n) is 2.08. The molecule has 3 rings (SSSR count). The van der Waals surface area contributed by atoms with Crippen LogP contribution in [-0.4, -0.2) is 22.4 Å². The highest BCUT2D eigenvalue weighted by atomic mass is 32.1. The van der Waals surface area contributed by atoms with Crippen molar-refractivity contribution in [1.29, 1.82) is 0 Å². The van der Waals surface area contributed by atoms with E-state index in [9.17, 15) is 4.79 Å². The van der Waals surface area contributed by atoms with E-state index < -0.39 is 0 Å². The molecular weight excluding hydrogens is 296 g/mol. The first-order chi connectivity index (χ1) is 10.6. The first kappa shape index (κ1) is 14.6. The normalized spacial score (nSPS) is 11.0. The highest BCUT2D eigenvalue weighted by molar-refractivity contribution is 7.13. The van der Waals surface area contributed by atoms with Crippen LogP contribution >= 0.6 is 11.3 Å². The Labute approximate surface area is 132 Å². The van der Waals surface area contributed by atoms with Gasteiger partial charge in [-0.15, -0.1) is 11.3 Å². The SMILES string of the molecule is CC(C)CNc1nc(C(=O)Nc2ccc3[nH]ccc3c2)cs1. The molecule has 1 amide bonds. The Morgan fingerprint density at radius 3 is 3.05 bits per heavy atom. The maximum Gasteiger partial charge on any atom is 0.275 e. The Kier molecular flexibility index (Phi) is 4.11. The van der Waals surface area contributed by atoms with Crippen molar-refractivity contribution in [1.82, 2.24) is 9.97 Å². The second-order valence-corrected chi connectivity index (χ2v) is 6.40. The van der Waals surface area contributed by atoms with Gasteiger partial charge in [-0.2, -0.15) is 0 Å². The van der Waals surface area contributed by atoms with Gasteiger partial charge in [-0.05, 0) is 30.2 Å². The second kappa shape index (κ2) is 6.19. The lowest BCUT2D eigenvalue weighted by atomic mass is 10.2. The zero-order valence-corrected chi connectivity index (χ0v) is 13.3. The third kappa shape index (κ3) is 3.28. The maximum atomic E-state index is 12.2. The Balaban J connectivity index is 1.68. The van der Waals surface area contributed by atoms with Crippen molar-refractivity contribution in [3.05, 3.63) is 41.5 Å². The summed E-state index contributed by atoms with van der Waals surface area (Å²) in [5, 5.41) is 9.72. The van der Waals surface area contributed by atoms with Crippen molar-refractivity contribution in [2.75, 3.05) is 17.2 Å². The molecule has 0 aliphatic carbocycles. The lowest BCUT2D eigenvalue weighted by Crippen LogP contribution is -2.13. The van der Waals surface area contributed by atoms with Gasteiger partial charge in [-0.3, -0.25) is 4.79 Å². The average Bonchev–Trinajstić information content (AvgIpc) is 3.13. The highest BCUT2D eigenvalue weighted by Crippen LogP contribution is 2.20. The van der Waals surface area contributed by atoms with Crippen LogP contribution in [0.5, 0.6) is 0 Å². The van der Waals surface area contributed by atoms with Crippen molar-refractivity contribution >= 4 is 39.0 Å². The molecule has 0 aliphatic heterocycles. The minimum Gasteiger partial charge on any atom is -0.361 e. The summed E-state index contributed by atoms with van der Waals surface area (Å²) < 4.78 is 0. The molecule has 3 N–H and O–H groups in total. The van der Waals surface area contributed by atoms with Gasteiger partial charge in [0.15, 0.2) is 5.13 Å². The first-order valence-electron chi connectivity index (χ1n) is 7.20. The van der Waals surface area contributed by atoms with Gasteiger partial charge < -0.3 is 15.6 Å². The molecule has 0 atom stereocenters. The topological polar surface area (TPSA) is 69.8 Å². The molecule has 114 valence electrons. The summed E-state index contributed by atoms with van der Waals surface area (Å²) in [5.74, 6) is 0.345. The van der Waals surface area contributed by atoms with Gasteiger partial charge in [0.1, 0.15) is 5.69 Å². The fraction of sp³-hybridized carbons (Fsp3) is 0.250. The number of carbonyl (C=O) groups is 1. The third-order valence-electron chi connectivity index (χ3n) is 3.21. The number of benzene rings is 1. The molecule has 0 aliphatic rings. The number of fused-ring (bicyclic) bond motifs is 1. The number of hydrogen-bond donors (Lipinski definition) is 3. The van der Waals surface area contributed by atoms with Crippen LogP contribution in [0, 0.1) is 5.92 Å². The molecule has 0 saturated carbocycles. The van der Waals surface area contributed by atoms with Gasteiger partial charge in [-0.1, -0.05) is 13.8 Å². The summed E-state index contributed by atoms with van der Waals surface area (Å²) in [6.07, 6.45) is 1.88. The van der Waals surface area contributed by atoms with E-state index in [1.807, 2.05) is 30.5 Å². The van der Waals surface area contributed by atoms with Gasteiger partial charge in [-0.25, -0.2) is 4.98 Å². The van der Waals surface area contributed by atoms with Crippen molar-refractivity contribution in [3.8, 4) is 0 Å². The van der Waals surface area contributed by atoms with Crippen molar-refractivity contribution in [2.24, 2.45) is 5.92 Å². The van der Waals surface area contributed by atoms with Crippen molar-refractivity contribution in [3.63, 3.8) is 0 Å². The largest absolute Gasteiger partial charge is 0.361 e. The Bertz CT molecular complexity index is 790. The molecule has 0 saturated heterocycles. The van der Waals surface area contributed by atoms with Crippen LogP contribution in [-0.2, 0) is 0 Å². The van der Waals surface area contributed by atoms with E-state index in [1.165, 1.54) is 11.3 Å². The third-order valence-corrected chi connectivity index (χ3v) is 4.01. The van der Waals surface area contributed by atoms with E-state index >= 15 is 0 Å². The molecule has 0 radical (unpaired) electrons. The average molecular weight is 314 g/mol. The first-order valence-corrected chi connectivity index (χ1v) is 8.07. The number of anilines is 2. The zero-order chi connectivity index (χ0) is 15.5. The maximum absolute atomic E-state index is 12.2. The highest BCUT2D eigenvalue weighted by Gasteiger charge is 2.11. The summed E-state index contributed by atoms with van der Waals surface area (Å²) in [6.45, 7) is 5.11. The number of hydrogen-bond acceptors (Lipinski definition) is 4. The van der Waals surface area contributed by atoms with E-state index in [1.54, 1.807) is 5.38 Å². The zero-order valence-electron chi connectivity index (χ0n) is 12.5. The summed E-state index contributed by atoms with van der Waals surface area (Å²) >= 11 is 1.45. The number of nitrogens with zero attached hydrogens (tertiary/aromatic N) is 1. The van der Waals surface area contributed by atoms with Crippen molar-refractivity contribution in [2.45, 2.75) is 13.8 Å². The molecule has 6 heteroatoms. The number of aromatic nitrogens is 2. The summed E-state index contributed by atoms with van der Waals surface area (Å²) in [5.41, 5.74) is 2.25. The smallest absolute Gasteiger partial charge is 0.275 e. The Morgan fingerprint density at radius 1 is 1.36 bits per heavy atom. The van der Waals surface area contributed by atoms with E-state index in [2.05, 4.69) is 34.4 Å². The minimum atomic E-state index is -0.191. The summed E-state index contributed by atoms with van der Waals surface area (Å²) in [7, 11) is 0.